The fourth-order valence-electron chi connectivity index (χ4n) is 1.51. The Balaban J connectivity index is 2.95. The lowest BCUT2D eigenvalue weighted by Gasteiger charge is -2.11. The Morgan fingerprint density at radius 3 is 2.40 bits per heavy atom. The minimum Gasteiger partial charge on any atom is -0.166 e. The molecule has 84 valence electrons. The maximum Gasteiger partial charge on any atom is 0.416 e. The maximum atomic E-state index is 12.6. The lowest BCUT2D eigenvalue weighted by atomic mass is 10.0. The average molecular weight is 216 g/mol. The first-order valence-electron chi connectivity index (χ1n) is 5.12. The van der Waals surface area contributed by atoms with Gasteiger partial charge in [0.1, 0.15) is 0 Å². The minimum absolute atomic E-state index is 0.294. The van der Waals surface area contributed by atoms with Gasteiger partial charge in [0.15, 0.2) is 0 Å². The van der Waals surface area contributed by atoms with Crippen molar-refractivity contribution in [3.8, 4) is 0 Å². The van der Waals surface area contributed by atoms with E-state index in [2.05, 4.69) is 0 Å². The number of benzene rings is 1. The average Bonchev–Trinajstić information content (AvgIpc) is 2.15. The van der Waals surface area contributed by atoms with E-state index in [4.69, 9.17) is 0 Å². The van der Waals surface area contributed by atoms with Gasteiger partial charge in [-0.25, -0.2) is 0 Å². The molecular weight excluding hydrogens is 201 g/mol. The fraction of sp³-hybridized carbons (Fsp3) is 0.500. The molecule has 0 nitrogen and oxygen atoms in total. The third-order valence-corrected chi connectivity index (χ3v) is 2.43. The smallest absolute Gasteiger partial charge is 0.166 e. The number of aryl methyl sites for hydroxylation is 2. The van der Waals surface area contributed by atoms with E-state index in [9.17, 15) is 13.2 Å². The maximum absolute atomic E-state index is 12.6. The molecule has 0 saturated carbocycles. The zero-order valence-electron chi connectivity index (χ0n) is 8.99. The van der Waals surface area contributed by atoms with Gasteiger partial charge in [-0.1, -0.05) is 25.5 Å². The Hall–Kier alpha value is -0.990. The Bertz CT molecular complexity index is 326. The van der Waals surface area contributed by atoms with Crippen LogP contribution in [-0.4, -0.2) is 0 Å². The van der Waals surface area contributed by atoms with Gasteiger partial charge in [0.05, 0.1) is 5.56 Å². The lowest BCUT2D eigenvalue weighted by Crippen LogP contribution is -2.08. The summed E-state index contributed by atoms with van der Waals surface area (Å²) in [6.07, 6.45) is -1.58. The summed E-state index contributed by atoms with van der Waals surface area (Å²) < 4.78 is 37.7. The van der Waals surface area contributed by atoms with Crippen molar-refractivity contribution in [2.45, 2.75) is 39.3 Å². The van der Waals surface area contributed by atoms with E-state index in [1.165, 1.54) is 13.0 Å². The highest BCUT2D eigenvalue weighted by Crippen LogP contribution is 2.32. The van der Waals surface area contributed by atoms with Crippen LogP contribution in [0.2, 0.25) is 0 Å². The molecule has 0 aliphatic heterocycles. The van der Waals surface area contributed by atoms with Crippen molar-refractivity contribution in [3.05, 3.63) is 34.9 Å². The van der Waals surface area contributed by atoms with Crippen LogP contribution in [0.25, 0.3) is 0 Å². The second kappa shape index (κ2) is 4.69. The van der Waals surface area contributed by atoms with Crippen LogP contribution in [0.1, 0.15) is 36.5 Å². The molecule has 1 aromatic rings. The van der Waals surface area contributed by atoms with E-state index in [-0.39, 0.29) is 0 Å². The molecule has 0 aliphatic rings. The van der Waals surface area contributed by atoms with E-state index >= 15 is 0 Å². The monoisotopic (exact) mass is 216 g/mol. The Morgan fingerprint density at radius 2 is 1.87 bits per heavy atom. The normalized spacial score (nSPS) is 11.8. The second-order valence-corrected chi connectivity index (χ2v) is 3.75. The van der Waals surface area contributed by atoms with Gasteiger partial charge in [-0.05, 0) is 37.0 Å². The Labute approximate surface area is 88.1 Å². The van der Waals surface area contributed by atoms with Crippen molar-refractivity contribution in [2.75, 3.05) is 0 Å². The molecule has 1 rings (SSSR count). The van der Waals surface area contributed by atoms with Gasteiger partial charge in [0.2, 0.25) is 0 Å². The third-order valence-electron chi connectivity index (χ3n) is 2.43. The molecule has 3 heteroatoms. The summed E-state index contributed by atoms with van der Waals surface area (Å²) in [5.74, 6) is 0. The number of hydrogen-bond acceptors (Lipinski definition) is 0. The number of unbranched alkanes of at least 4 members (excludes halogenated alkanes) is 1. The number of alkyl halides is 3. The van der Waals surface area contributed by atoms with Crippen molar-refractivity contribution >= 4 is 0 Å². The summed E-state index contributed by atoms with van der Waals surface area (Å²) in [5, 5.41) is 0. The molecule has 0 saturated heterocycles. The summed E-state index contributed by atoms with van der Waals surface area (Å²) >= 11 is 0. The van der Waals surface area contributed by atoms with E-state index in [0.717, 1.165) is 24.8 Å². The third kappa shape index (κ3) is 3.26. The molecule has 0 fully saturated rings. The van der Waals surface area contributed by atoms with E-state index < -0.39 is 11.7 Å². The molecule has 0 radical (unpaired) electrons. The van der Waals surface area contributed by atoms with Crippen molar-refractivity contribution in [2.24, 2.45) is 0 Å². The SMILES string of the molecule is CCCCc1ccc(C)c(C(F)(F)F)c1. The first kappa shape index (κ1) is 12.1. The predicted molar refractivity (Wildman–Crippen MR) is 54.8 cm³/mol. The van der Waals surface area contributed by atoms with E-state index in [0.29, 0.717) is 5.56 Å². The van der Waals surface area contributed by atoms with Crippen LogP contribution in [0.4, 0.5) is 13.2 Å². The van der Waals surface area contributed by atoms with Crippen molar-refractivity contribution in [1.82, 2.24) is 0 Å². The molecule has 0 aliphatic carbocycles. The van der Waals surface area contributed by atoms with Gasteiger partial charge >= 0.3 is 6.18 Å². The number of hydrogen-bond donors (Lipinski definition) is 0. The molecule has 1 aromatic carbocycles. The molecular formula is C12H15F3. The standard InChI is InChI=1S/C12H15F3/c1-3-4-5-10-7-6-9(2)11(8-10)12(13,14)15/h6-8H,3-5H2,1-2H3. The van der Waals surface area contributed by atoms with Crippen LogP contribution in [0.15, 0.2) is 18.2 Å². The summed E-state index contributed by atoms with van der Waals surface area (Å²) in [4.78, 5) is 0. The number of rotatable bonds is 3. The van der Waals surface area contributed by atoms with Crippen LogP contribution in [0, 0.1) is 6.92 Å². The largest absolute Gasteiger partial charge is 0.416 e. The van der Waals surface area contributed by atoms with Crippen LogP contribution in [0.5, 0.6) is 0 Å². The van der Waals surface area contributed by atoms with Crippen molar-refractivity contribution < 1.29 is 13.2 Å². The van der Waals surface area contributed by atoms with Gasteiger partial charge in [-0.15, -0.1) is 0 Å². The molecule has 0 heterocycles. The Kier molecular flexibility index (Phi) is 3.77. The van der Waals surface area contributed by atoms with Crippen molar-refractivity contribution in [3.63, 3.8) is 0 Å². The fourth-order valence-corrected chi connectivity index (χ4v) is 1.51. The minimum atomic E-state index is -4.23. The van der Waals surface area contributed by atoms with Crippen LogP contribution < -0.4 is 0 Å². The topological polar surface area (TPSA) is 0 Å². The molecule has 0 bridgehead atoms. The molecule has 0 amide bonds. The molecule has 0 aromatic heterocycles. The molecule has 0 atom stereocenters. The Morgan fingerprint density at radius 1 is 1.20 bits per heavy atom. The number of halogens is 3. The molecule has 0 spiro atoms. The predicted octanol–water partition coefficient (Wildman–Crippen LogP) is 4.36. The van der Waals surface area contributed by atoms with Gasteiger partial charge < -0.3 is 0 Å². The summed E-state index contributed by atoms with van der Waals surface area (Å²) in [7, 11) is 0. The molecule has 0 N–H and O–H groups in total. The summed E-state index contributed by atoms with van der Waals surface area (Å²) in [6.45, 7) is 3.52. The van der Waals surface area contributed by atoms with E-state index in [1.54, 1.807) is 12.1 Å². The summed E-state index contributed by atoms with van der Waals surface area (Å²) in [6, 6.07) is 4.60. The van der Waals surface area contributed by atoms with Gasteiger partial charge in [0, 0.05) is 0 Å². The van der Waals surface area contributed by atoms with Crippen LogP contribution in [0.3, 0.4) is 0 Å². The van der Waals surface area contributed by atoms with Crippen LogP contribution in [-0.2, 0) is 12.6 Å². The first-order valence-corrected chi connectivity index (χ1v) is 5.12. The quantitative estimate of drug-likeness (QED) is 0.704. The van der Waals surface area contributed by atoms with Gasteiger partial charge in [-0.2, -0.15) is 13.2 Å². The second-order valence-electron chi connectivity index (χ2n) is 3.75. The van der Waals surface area contributed by atoms with Gasteiger partial charge in [-0.3, -0.25) is 0 Å². The lowest BCUT2D eigenvalue weighted by molar-refractivity contribution is -0.138. The zero-order chi connectivity index (χ0) is 11.5. The highest BCUT2D eigenvalue weighted by atomic mass is 19.4. The first-order chi connectivity index (χ1) is 6.95. The van der Waals surface area contributed by atoms with Crippen LogP contribution >= 0.6 is 0 Å². The van der Waals surface area contributed by atoms with Gasteiger partial charge in [0.25, 0.3) is 0 Å². The van der Waals surface area contributed by atoms with Crippen molar-refractivity contribution in [1.29, 1.82) is 0 Å². The highest BCUT2D eigenvalue weighted by molar-refractivity contribution is 5.33. The van der Waals surface area contributed by atoms with E-state index in [1.807, 2.05) is 6.92 Å². The molecule has 0 unspecified atom stereocenters. The highest BCUT2D eigenvalue weighted by Gasteiger charge is 2.32. The summed E-state index contributed by atoms with van der Waals surface area (Å²) in [5.41, 5.74) is 0.564. The molecule has 15 heavy (non-hydrogen) atoms. The zero-order valence-corrected chi connectivity index (χ0v) is 8.99.